The number of aromatic nitrogens is 1. The minimum absolute atomic E-state index is 0.00327. The number of anilines is 2. The first-order valence-electron chi connectivity index (χ1n) is 7.14. The highest BCUT2D eigenvalue weighted by Crippen LogP contribution is 2.18. The Kier molecular flexibility index (Phi) is 6.84. The molecule has 0 aliphatic heterocycles. The molecule has 2 N–H and O–H groups in total. The van der Waals surface area contributed by atoms with Gasteiger partial charge in [-0.25, -0.2) is 13.8 Å². The van der Waals surface area contributed by atoms with Gasteiger partial charge in [-0.05, 0) is 20.8 Å². The lowest BCUT2D eigenvalue weighted by Crippen LogP contribution is -2.31. The Morgan fingerprint density at radius 2 is 1.71 bits per heavy atom. The first-order valence-corrected chi connectivity index (χ1v) is 7.14. The molecule has 7 heteroatoms. The van der Waals surface area contributed by atoms with Crippen LogP contribution >= 0.6 is 0 Å². The fourth-order valence-corrected chi connectivity index (χ4v) is 1.90. The average molecular weight is 300 g/mol. The molecule has 0 aliphatic rings. The highest BCUT2D eigenvalue weighted by atomic mass is 19.1. The highest BCUT2D eigenvalue weighted by molar-refractivity contribution is 5.76. The number of amides is 1. The largest absolute Gasteiger partial charge is 0.368 e. The van der Waals surface area contributed by atoms with Crippen LogP contribution in [0.5, 0.6) is 0 Å². The first-order chi connectivity index (χ1) is 10.0. The Bertz CT molecular complexity index is 478. The van der Waals surface area contributed by atoms with E-state index in [1.165, 1.54) is 0 Å². The van der Waals surface area contributed by atoms with Gasteiger partial charge in [0.2, 0.25) is 5.91 Å². The van der Waals surface area contributed by atoms with E-state index < -0.39 is 11.6 Å². The zero-order chi connectivity index (χ0) is 15.8. The standard InChI is InChI=1S/C14H22F2N4O/c1-4-17-13-10(15)9-11(16)14(19-13)18-8-7-12(21)20(5-2)6-3/h9H,4-8H2,1-3H3,(H2,17,18,19). The molecule has 0 saturated carbocycles. The zero-order valence-corrected chi connectivity index (χ0v) is 12.7. The molecular weight excluding hydrogens is 278 g/mol. The smallest absolute Gasteiger partial charge is 0.224 e. The van der Waals surface area contributed by atoms with Crippen LogP contribution in [0, 0.1) is 11.6 Å². The lowest BCUT2D eigenvalue weighted by Gasteiger charge is -2.18. The summed E-state index contributed by atoms with van der Waals surface area (Å²) >= 11 is 0. The number of pyridine rings is 1. The molecule has 21 heavy (non-hydrogen) atoms. The van der Waals surface area contributed by atoms with E-state index >= 15 is 0 Å². The molecule has 1 amide bonds. The zero-order valence-electron chi connectivity index (χ0n) is 12.7. The maximum absolute atomic E-state index is 13.6. The number of halogens is 2. The van der Waals surface area contributed by atoms with Crippen LogP contribution in [0.25, 0.3) is 0 Å². The van der Waals surface area contributed by atoms with Crippen LogP contribution in [0.1, 0.15) is 27.2 Å². The maximum atomic E-state index is 13.6. The Hall–Kier alpha value is -1.92. The Balaban J connectivity index is 2.63. The Morgan fingerprint density at radius 1 is 1.14 bits per heavy atom. The van der Waals surface area contributed by atoms with Crippen molar-refractivity contribution in [2.45, 2.75) is 27.2 Å². The minimum atomic E-state index is -0.774. The summed E-state index contributed by atoms with van der Waals surface area (Å²) in [7, 11) is 0. The fourth-order valence-electron chi connectivity index (χ4n) is 1.90. The van der Waals surface area contributed by atoms with E-state index in [4.69, 9.17) is 0 Å². The minimum Gasteiger partial charge on any atom is -0.368 e. The molecule has 0 spiro atoms. The predicted octanol–water partition coefficient (Wildman–Crippen LogP) is 2.46. The summed E-state index contributed by atoms with van der Waals surface area (Å²) in [6, 6.07) is 0.777. The summed E-state index contributed by atoms with van der Waals surface area (Å²) in [5, 5.41) is 5.44. The van der Waals surface area contributed by atoms with Crippen LogP contribution in [0.4, 0.5) is 20.4 Å². The molecule has 0 unspecified atom stereocenters. The van der Waals surface area contributed by atoms with Gasteiger partial charge in [-0.3, -0.25) is 4.79 Å². The number of carbonyl (C=O) groups is 1. The molecule has 0 bridgehead atoms. The summed E-state index contributed by atoms with van der Waals surface area (Å²) < 4.78 is 27.0. The second-order valence-electron chi connectivity index (χ2n) is 4.42. The van der Waals surface area contributed by atoms with E-state index in [0.717, 1.165) is 6.07 Å². The second kappa shape index (κ2) is 8.39. The van der Waals surface area contributed by atoms with Crippen LogP contribution in [0.15, 0.2) is 6.07 Å². The molecule has 1 rings (SSSR count). The van der Waals surface area contributed by atoms with E-state index in [-0.39, 0.29) is 30.5 Å². The molecule has 0 saturated heterocycles. The molecule has 0 aliphatic carbocycles. The predicted molar refractivity (Wildman–Crippen MR) is 79.4 cm³/mol. The number of nitrogens with one attached hydrogen (secondary N) is 2. The summed E-state index contributed by atoms with van der Waals surface area (Å²) in [5.74, 6) is -1.58. The quantitative estimate of drug-likeness (QED) is 0.774. The van der Waals surface area contributed by atoms with Gasteiger partial charge in [0.15, 0.2) is 23.3 Å². The van der Waals surface area contributed by atoms with Crippen molar-refractivity contribution >= 4 is 17.5 Å². The number of rotatable bonds is 8. The van der Waals surface area contributed by atoms with Gasteiger partial charge in [-0.1, -0.05) is 0 Å². The van der Waals surface area contributed by atoms with Gasteiger partial charge in [-0.15, -0.1) is 0 Å². The molecule has 0 radical (unpaired) electrons. The van der Waals surface area contributed by atoms with Crippen molar-refractivity contribution in [3.8, 4) is 0 Å². The van der Waals surface area contributed by atoms with E-state index in [1.807, 2.05) is 13.8 Å². The van der Waals surface area contributed by atoms with Crippen molar-refractivity contribution in [1.82, 2.24) is 9.88 Å². The SMILES string of the molecule is CCNc1nc(NCCC(=O)N(CC)CC)c(F)cc1F. The van der Waals surface area contributed by atoms with Crippen LogP contribution in [0.3, 0.4) is 0 Å². The van der Waals surface area contributed by atoms with E-state index in [2.05, 4.69) is 15.6 Å². The molecule has 0 atom stereocenters. The number of hydrogen-bond acceptors (Lipinski definition) is 4. The van der Waals surface area contributed by atoms with Crippen molar-refractivity contribution in [2.24, 2.45) is 0 Å². The third-order valence-corrected chi connectivity index (χ3v) is 3.02. The van der Waals surface area contributed by atoms with Gasteiger partial charge in [0.05, 0.1) is 0 Å². The van der Waals surface area contributed by atoms with Gasteiger partial charge in [0.25, 0.3) is 0 Å². The molecule has 1 heterocycles. The van der Waals surface area contributed by atoms with Crippen molar-refractivity contribution in [2.75, 3.05) is 36.8 Å². The molecule has 0 aromatic carbocycles. The fraction of sp³-hybridized carbons (Fsp3) is 0.571. The lowest BCUT2D eigenvalue weighted by atomic mass is 10.3. The molecule has 1 aromatic heterocycles. The molecule has 0 fully saturated rings. The van der Waals surface area contributed by atoms with E-state index in [9.17, 15) is 13.6 Å². The Labute approximate surface area is 123 Å². The van der Waals surface area contributed by atoms with Gasteiger partial charge in [0, 0.05) is 38.7 Å². The number of nitrogens with zero attached hydrogens (tertiary/aromatic N) is 2. The molecule has 1 aromatic rings. The van der Waals surface area contributed by atoms with E-state index in [0.29, 0.717) is 19.6 Å². The topological polar surface area (TPSA) is 57.3 Å². The van der Waals surface area contributed by atoms with Crippen molar-refractivity contribution in [3.63, 3.8) is 0 Å². The number of hydrogen-bond donors (Lipinski definition) is 2. The summed E-state index contributed by atoms with van der Waals surface area (Å²) in [6.45, 7) is 7.61. The highest BCUT2D eigenvalue weighted by Gasteiger charge is 2.13. The van der Waals surface area contributed by atoms with Crippen LogP contribution in [0.2, 0.25) is 0 Å². The van der Waals surface area contributed by atoms with Crippen LogP contribution in [-0.2, 0) is 4.79 Å². The van der Waals surface area contributed by atoms with Gasteiger partial charge >= 0.3 is 0 Å². The van der Waals surface area contributed by atoms with Crippen molar-refractivity contribution < 1.29 is 13.6 Å². The monoisotopic (exact) mass is 300 g/mol. The third-order valence-electron chi connectivity index (χ3n) is 3.02. The number of carbonyl (C=O) groups excluding carboxylic acids is 1. The van der Waals surface area contributed by atoms with Gasteiger partial charge in [0.1, 0.15) is 0 Å². The van der Waals surface area contributed by atoms with Gasteiger partial charge in [-0.2, -0.15) is 0 Å². The molecule has 118 valence electrons. The summed E-state index contributed by atoms with van der Waals surface area (Å²) in [4.78, 5) is 17.3. The van der Waals surface area contributed by atoms with Gasteiger partial charge < -0.3 is 15.5 Å². The van der Waals surface area contributed by atoms with Crippen LogP contribution < -0.4 is 10.6 Å². The Morgan fingerprint density at radius 3 is 2.24 bits per heavy atom. The second-order valence-corrected chi connectivity index (χ2v) is 4.42. The summed E-state index contributed by atoms with van der Waals surface area (Å²) in [5.41, 5.74) is 0. The molecular formula is C14H22F2N4O. The lowest BCUT2D eigenvalue weighted by molar-refractivity contribution is -0.130. The normalized spacial score (nSPS) is 10.3. The summed E-state index contributed by atoms with van der Waals surface area (Å²) in [6.07, 6.45) is 0.233. The molecule has 5 nitrogen and oxygen atoms in total. The van der Waals surface area contributed by atoms with Crippen LogP contribution in [-0.4, -0.2) is 42.0 Å². The van der Waals surface area contributed by atoms with Crippen molar-refractivity contribution in [3.05, 3.63) is 17.7 Å². The maximum Gasteiger partial charge on any atom is 0.224 e. The van der Waals surface area contributed by atoms with E-state index in [1.54, 1.807) is 11.8 Å². The van der Waals surface area contributed by atoms with Crippen molar-refractivity contribution in [1.29, 1.82) is 0 Å². The average Bonchev–Trinajstić information content (AvgIpc) is 2.45. The first kappa shape index (κ1) is 17.1. The third kappa shape index (κ3) is 4.84.